The van der Waals surface area contributed by atoms with Crippen LogP contribution in [-0.4, -0.2) is 31.5 Å². The predicted molar refractivity (Wildman–Crippen MR) is 77.5 cm³/mol. The zero-order valence-electron chi connectivity index (χ0n) is 12.1. The molecule has 0 aromatic heterocycles. The highest BCUT2D eigenvalue weighted by Crippen LogP contribution is 2.16. The monoisotopic (exact) mass is 291 g/mol. The average Bonchev–Trinajstić information content (AvgIpc) is 2.43. The van der Waals surface area contributed by atoms with Crippen LogP contribution in [0.1, 0.15) is 18.4 Å². The van der Waals surface area contributed by atoms with E-state index in [1.807, 2.05) is 19.1 Å². The molecule has 2 rings (SSSR count). The molecule has 1 aromatic rings. The molecule has 21 heavy (non-hydrogen) atoms. The van der Waals surface area contributed by atoms with Crippen LogP contribution in [0, 0.1) is 12.8 Å². The molecular formula is C15H21N3O3. The molecule has 114 valence electrons. The second-order valence-corrected chi connectivity index (χ2v) is 5.64. The molecule has 1 amide bonds. The van der Waals surface area contributed by atoms with Gasteiger partial charge in [-0.3, -0.25) is 4.79 Å². The molecule has 0 unspecified atom stereocenters. The largest absolute Gasteiger partial charge is 0.550 e. The number of likely N-dealkylation sites (tertiary alicyclic amines) is 1. The molecule has 0 saturated carbocycles. The molecule has 4 N–H and O–H groups in total. The fraction of sp³-hybridized carbons (Fsp3) is 0.467. The Balaban J connectivity index is 1.82. The highest BCUT2D eigenvalue weighted by atomic mass is 16.4. The van der Waals surface area contributed by atoms with Gasteiger partial charge in [0.15, 0.2) is 6.54 Å². The van der Waals surface area contributed by atoms with Crippen molar-refractivity contribution in [3.8, 4) is 0 Å². The van der Waals surface area contributed by atoms with Gasteiger partial charge in [-0.1, -0.05) is 6.07 Å². The second-order valence-electron chi connectivity index (χ2n) is 5.64. The van der Waals surface area contributed by atoms with Gasteiger partial charge in [-0.2, -0.15) is 0 Å². The van der Waals surface area contributed by atoms with Gasteiger partial charge in [-0.25, -0.2) is 0 Å². The van der Waals surface area contributed by atoms with E-state index in [1.165, 1.54) is 0 Å². The van der Waals surface area contributed by atoms with Crippen molar-refractivity contribution in [3.05, 3.63) is 23.8 Å². The van der Waals surface area contributed by atoms with Crippen molar-refractivity contribution in [3.63, 3.8) is 0 Å². The summed E-state index contributed by atoms with van der Waals surface area (Å²) in [6, 6.07) is 5.43. The highest BCUT2D eigenvalue weighted by Gasteiger charge is 2.24. The first-order chi connectivity index (χ1) is 9.95. The summed E-state index contributed by atoms with van der Waals surface area (Å²) in [6.07, 6.45) is 1.14. The van der Waals surface area contributed by atoms with Crippen LogP contribution < -0.4 is 21.1 Å². The Kier molecular flexibility index (Phi) is 4.80. The van der Waals surface area contributed by atoms with E-state index >= 15 is 0 Å². The van der Waals surface area contributed by atoms with Gasteiger partial charge in [0.1, 0.15) is 0 Å². The maximum atomic E-state index is 12.0. The molecule has 0 bridgehead atoms. The number of nitrogens with one attached hydrogen (secondary N) is 2. The fourth-order valence-electron chi connectivity index (χ4n) is 2.59. The van der Waals surface area contributed by atoms with Crippen molar-refractivity contribution in [2.24, 2.45) is 5.92 Å². The van der Waals surface area contributed by atoms with Crippen molar-refractivity contribution in [2.75, 3.05) is 30.7 Å². The van der Waals surface area contributed by atoms with Gasteiger partial charge < -0.3 is 25.9 Å². The number of carboxylic acid groups (broad SMARTS) is 1. The van der Waals surface area contributed by atoms with Gasteiger partial charge in [-0.05, 0) is 24.6 Å². The number of piperidine rings is 1. The number of carboxylic acids is 1. The van der Waals surface area contributed by atoms with Gasteiger partial charge >= 0.3 is 0 Å². The molecule has 0 atom stereocenters. The van der Waals surface area contributed by atoms with Crippen molar-refractivity contribution >= 4 is 23.3 Å². The summed E-state index contributed by atoms with van der Waals surface area (Å²) in [4.78, 5) is 23.9. The topological polar surface area (TPSA) is 99.7 Å². The molecular weight excluding hydrogens is 270 g/mol. The predicted octanol–water partition coefficient (Wildman–Crippen LogP) is -1.44. The number of carbonyl (C=O) groups is 2. The Hall–Kier alpha value is -2.08. The lowest BCUT2D eigenvalue weighted by Gasteiger charge is -2.29. The SMILES string of the molecule is Cc1ccc(NC(=O)C[NH+]2CCC(C(=O)[O-])CC2)cc1N. The number of hydrogen-bond acceptors (Lipinski definition) is 4. The number of carbonyl (C=O) groups excluding carboxylic acids is 2. The molecule has 1 aliphatic rings. The van der Waals surface area contributed by atoms with E-state index in [0.29, 0.717) is 43.9 Å². The minimum atomic E-state index is -0.978. The standard InChI is InChI=1S/C15H21N3O3/c1-10-2-3-12(8-13(10)16)17-14(19)9-18-6-4-11(5-7-18)15(20)21/h2-3,8,11H,4-7,9,16H2,1H3,(H,17,19)(H,20,21). The maximum absolute atomic E-state index is 12.0. The summed E-state index contributed by atoms with van der Waals surface area (Å²) < 4.78 is 0. The second kappa shape index (κ2) is 6.58. The number of nitrogens with two attached hydrogens (primary N) is 1. The summed E-state index contributed by atoms with van der Waals surface area (Å²) >= 11 is 0. The van der Waals surface area contributed by atoms with Crippen LogP contribution >= 0.6 is 0 Å². The number of quaternary nitrogens is 1. The number of nitrogen functional groups attached to an aromatic ring is 1. The first-order valence-corrected chi connectivity index (χ1v) is 7.16. The molecule has 1 aliphatic heterocycles. The number of rotatable bonds is 4. The van der Waals surface area contributed by atoms with Crippen molar-refractivity contribution < 1.29 is 19.6 Å². The Morgan fingerprint density at radius 2 is 2.05 bits per heavy atom. The zero-order chi connectivity index (χ0) is 15.4. The molecule has 6 nitrogen and oxygen atoms in total. The van der Waals surface area contributed by atoms with Crippen LogP contribution in [0.25, 0.3) is 0 Å². The van der Waals surface area contributed by atoms with Gasteiger partial charge in [-0.15, -0.1) is 0 Å². The number of hydrogen-bond donors (Lipinski definition) is 3. The molecule has 1 heterocycles. The molecule has 0 radical (unpaired) electrons. The molecule has 0 spiro atoms. The lowest BCUT2D eigenvalue weighted by molar-refractivity contribution is -0.897. The van der Waals surface area contributed by atoms with Gasteiger partial charge in [0.25, 0.3) is 5.91 Å². The quantitative estimate of drug-likeness (QED) is 0.592. The zero-order valence-corrected chi connectivity index (χ0v) is 12.1. The van der Waals surface area contributed by atoms with E-state index in [0.717, 1.165) is 10.5 Å². The smallest absolute Gasteiger partial charge is 0.279 e. The van der Waals surface area contributed by atoms with Gasteiger partial charge in [0.2, 0.25) is 0 Å². The number of benzene rings is 1. The average molecular weight is 291 g/mol. The van der Waals surface area contributed by atoms with E-state index in [9.17, 15) is 14.7 Å². The van der Waals surface area contributed by atoms with Crippen LogP contribution in [0.3, 0.4) is 0 Å². The van der Waals surface area contributed by atoms with Crippen molar-refractivity contribution in [1.29, 1.82) is 0 Å². The lowest BCUT2D eigenvalue weighted by atomic mass is 9.97. The van der Waals surface area contributed by atoms with Crippen molar-refractivity contribution in [2.45, 2.75) is 19.8 Å². The Labute approximate surface area is 123 Å². The van der Waals surface area contributed by atoms with E-state index in [2.05, 4.69) is 5.32 Å². The summed E-state index contributed by atoms with van der Waals surface area (Å²) in [6.45, 7) is 3.62. The van der Waals surface area contributed by atoms with E-state index in [1.54, 1.807) is 6.07 Å². The maximum Gasteiger partial charge on any atom is 0.279 e. The first-order valence-electron chi connectivity index (χ1n) is 7.16. The van der Waals surface area contributed by atoms with Crippen LogP contribution in [0.4, 0.5) is 11.4 Å². The summed E-state index contributed by atoms with van der Waals surface area (Å²) in [5.74, 6) is -1.43. The normalized spacial score (nSPS) is 21.8. The summed E-state index contributed by atoms with van der Waals surface area (Å²) in [5.41, 5.74) is 8.12. The third kappa shape index (κ3) is 4.19. The highest BCUT2D eigenvalue weighted by molar-refractivity contribution is 5.92. The number of aryl methyl sites for hydroxylation is 1. The van der Waals surface area contributed by atoms with Gasteiger partial charge in [0.05, 0.1) is 13.1 Å². The Morgan fingerprint density at radius 1 is 1.38 bits per heavy atom. The number of anilines is 2. The summed E-state index contributed by atoms with van der Waals surface area (Å²) in [7, 11) is 0. The fourth-order valence-corrected chi connectivity index (χ4v) is 2.59. The molecule has 1 aromatic carbocycles. The van der Waals surface area contributed by atoms with Crippen LogP contribution in [0.2, 0.25) is 0 Å². The first kappa shape index (κ1) is 15.3. The molecule has 1 fully saturated rings. The minimum Gasteiger partial charge on any atom is -0.550 e. The number of amides is 1. The molecule has 6 heteroatoms. The van der Waals surface area contributed by atoms with Gasteiger partial charge in [0, 0.05) is 36.1 Å². The van der Waals surface area contributed by atoms with E-state index in [-0.39, 0.29) is 11.8 Å². The van der Waals surface area contributed by atoms with Crippen LogP contribution in [0.15, 0.2) is 18.2 Å². The molecule has 1 saturated heterocycles. The van der Waals surface area contributed by atoms with Crippen LogP contribution in [0.5, 0.6) is 0 Å². The van der Waals surface area contributed by atoms with Crippen molar-refractivity contribution in [1.82, 2.24) is 0 Å². The lowest BCUT2D eigenvalue weighted by Crippen LogP contribution is -3.14. The summed E-state index contributed by atoms with van der Waals surface area (Å²) in [5, 5.41) is 13.6. The van der Waals surface area contributed by atoms with E-state index < -0.39 is 5.97 Å². The third-order valence-electron chi connectivity index (χ3n) is 4.00. The minimum absolute atomic E-state index is 0.0832. The number of aliphatic carboxylic acids is 1. The molecule has 0 aliphatic carbocycles. The van der Waals surface area contributed by atoms with Crippen LogP contribution in [-0.2, 0) is 9.59 Å². The Morgan fingerprint density at radius 3 is 2.62 bits per heavy atom. The van der Waals surface area contributed by atoms with E-state index in [4.69, 9.17) is 5.73 Å². The Bertz CT molecular complexity index is 537. The third-order valence-corrected chi connectivity index (χ3v) is 4.00.